The normalized spacial score (nSPS) is 20.6. The lowest BCUT2D eigenvalue weighted by Crippen LogP contribution is -2.34. The maximum atomic E-state index is 13.1. The monoisotopic (exact) mass is 460 g/mol. The molecule has 1 aromatic carbocycles. The number of benzene rings is 1. The number of furan rings is 2. The first-order valence-electron chi connectivity index (χ1n) is 11.2. The molecule has 8 nitrogen and oxygen atoms in total. The number of para-hydroxylation sites is 1. The Morgan fingerprint density at radius 1 is 1.03 bits per heavy atom. The van der Waals surface area contributed by atoms with Crippen LogP contribution in [0, 0.1) is 5.92 Å². The van der Waals surface area contributed by atoms with Gasteiger partial charge in [-0.25, -0.2) is 9.80 Å². The van der Waals surface area contributed by atoms with Crippen LogP contribution in [0.15, 0.2) is 86.6 Å². The summed E-state index contributed by atoms with van der Waals surface area (Å²) in [5.41, 5.74) is 1.88. The number of hydrazone groups is 1. The second kappa shape index (κ2) is 9.82. The first-order valence-corrected chi connectivity index (χ1v) is 11.2. The Bertz CT molecular complexity index is 1180. The van der Waals surface area contributed by atoms with Crippen LogP contribution in [0.25, 0.3) is 6.08 Å². The van der Waals surface area contributed by atoms with Crippen molar-refractivity contribution in [2.75, 3.05) is 13.2 Å². The summed E-state index contributed by atoms with van der Waals surface area (Å²) in [4.78, 5) is 25.3. The number of amides is 1. The van der Waals surface area contributed by atoms with E-state index in [1.165, 1.54) is 5.01 Å². The van der Waals surface area contributed by atoms with E-state index in [-0.39, 0.29) is 12.5 Å². The Balaban J connectivity index is 1.30. The fourth-order valence-electron chi connectivity index (χ4n) is 4.40. The quantitative estimate of drug-likeness (QED) is 0.478. The van der Waals surface area contributed by atoms with Gasteiger partial charge in [-0.1, -0.05) is 18.2 Å². The number of hydrogen-bond acceptors (Lipinski definition) is 7. The first-order chi connectivity index (χ1) is 16.7. The zero-order valence-corrected chi connectivity index (χ0v) is 18.5. The van der Waals surface area contributed by atoms with Crippen molar-refractivity contribution in [2.45, 2.75) is 25.3 Å². The number of carbonyl (C=O) groups excluding carboxylic acids is 2. The van der Waals surface area contributed by atoms with Gasteiger partial charge in [0.05, 0.1) is 18.2 Å². The molecule has 3 heterocycles. The summed E-state index contributed by atoms with van der Waals surface area (Å²) in [5, 5.41) is 6.08. The Labute approximate surface area is 196 Å². The number of nitrogens with zero attached hydrogens (tertiary/aromatic N) is 2. The fourth-order valence-corrected chi connectivity index (χ4v) is 4.40. The molecule has 1 saturated carbocycles. The Morgan fingerprint density at radius 3 is 2.62 bits per heavy atom. The highest BCUT2D eigenvalue weighted by Crippen LogP contribution is 2.44. The van der Waals surface area contributed by atoms with E-state index in [0.717, 1.165) is 36.3 Å². The molecule has 1 amide bonds. The van der Waals surface area contributed by atoms with Gasteiger partial charge in [-0.3, -0.25) is 4.79 Å². The van der Waals surface area contributed by atoms with E-state index in [9.17, 15) is 9.59 Å². The van der Waals surface area contributed by atoms with Crippen molar-refractivity contribution in [1.29, 1.82) is 0 Å². The molecule has 2 aliphatic rings. The van der Waals surface area contributed by atoms with E-state index >= 15 is 0 Å². The lowest BCUT2D eigenvalue weighted by molar-refractivity contribution is -0.154. The van der Waals surface area contributed by atoms with Gasteiger partial charge in [-0.2, -0.15) is 5.10 Å². The second-order valence-electron chi connectivity index (χ2n) is 8.13. The number of esters is 1. The molecular formula is C26H24N2O6. The maximum Gasteiger partial charge on any atom is 0.344 e. The van der Waals surface area contributed by atoms with Gasteiger partial charge in [0.2, 0.25) is 0 Å². The van der Waals surface area contributed by atoms with Gasteiger partial charge >= 0.3 is 5.97 Å². The molecule has 0 spiro atoms. The predicted octanol–water partition coefficient (Wildman–Crippen LogP) is 4.62. The highest BCUT2D eigenvalue weighted by atomic mass is 16.6. The molecule has 5 rings (SSSR count). The molecule has 8 heteroatoms. The predicted molar refractivity (Wildman–Crippen MR) is 123 cm³/mol. The summed E-state index contributed by atoms with van der Waals surface area (Å²) < 4.78 is 21.7. The third-order valence-corrected chi connectivity index (χ3v) is 5.91. The number of allylic oxidation sites excluding steroid dienone is 1. The third-order valence-electron chi connectivity index (χ3n) is 5.91. The topological polar surface area (TPSA) is 94.5 Å². The molecule has 3 aromatic rings. The van der Waals surface area contributed by atoms with Crippen LogP contribution in [-0.2, 0) is 14.3 Å². The molecule has 2 aromatic heterocycles. The zero-order valence-electron chi connectivity index (χ0n) is 18.5. The molecule has 0 radical (unpaired) electrons. The highest BCUT2D eigenvalue weighted by Gasteiger charge is 2.45. The average molecular weight is 460 g/mol. The average Bonchev–Trinajstić information content (AvgIpc) is 3.63. The number of carbonyl (C=O) groups is 2. The summed E-state index contributed by atoms with van der Waals surface area (Å²) in [7, 11) is 0. The molecule has 1 aliphatic carbocycles. The van der Waals surface area contributed by atoms with Crippen molar-refractivity contribution in [3.05, 3.63) is 84.2 Å². The van der Waals surface area contributed by atoms with Crippen LogP contribution >= 0.6 is 0 Å². The number of rotatable bonds is 7. The molecular weight excluding hydrogens is 436 g/mol. The van der Waals surface area contributed by atoms with Crippen LogP contribution in [0.4, 0.5) is 0 Å². The van der Waals surface area contributed by atoms with Crippen LogP contribution in [0.2, 0.25) is 0 Å². The van der Waals surface area contributed by atoms with Crippen LogP contribution < -0.4 is 4.74 Å². The molecule has 34 heavy (non-hydrogen) atoms. The lowest BCUT2D eigenvalue weighted by atomic mass is 9.79. The van der Waals surface area contributed by atoms with Gasteiger partial charge in [0, 0.05) is 5.92 Å². The van der Waals surface area contributed by atoms with Crippen LogP contribution in [0.3, 0.4) is 0 Å². The number of fused-ring (bicyclic) bond motifs is 1. The number of ether oxygens (including phenoxy) is 2. The van der Waals surface area contributed by atoms with Gasteiger partial charge in [-0.15, -0.1) is 0 Å². The van der Waals surface area contributed by atoms with Crippen molar-refractivity contribution < 1.29 is 27.9 Å². The van der Waals surface area contributed by atoms with E-state index in [2.05, 4.69) is 5.10 Å². The van der Waals surface area contributed by atoms with Gasteiger partial charge in [0.25, 0.3) is 5.91 Å². The first kappa shape index (κ1) is 21.8. The van der Waals surface area contributed by atoms with E-state index in [1.807, 2.05) is 30.3 Å². The molecule has 0 N–H and O–H groups in total. The molecule has 1 aliphatic heterocycles. The number of hydrogen-bond donors (Lipinski definition) is 0. The van der Waals surface area contributed by atoms with Crippen molar-refractivity contribution in [2.24, 2.45) is 11.0 Å². The molecule has 174 valence electrons. The molecule has 1 fully saturated rings. The van der Waals surface area contributed by atoms with Crippen molar-refractivity contribution in [3.63, 3.8) is 0 Å². The Morgan fingerprint density at radius 2 is 1.85 bits per heavy atom. The van der Waals surface area contributed by atoms with E-state index in [1.54, 1.807) is 42.9 Å². The van der Waals surface area contributed by atoms with Gasteiger partial charge in [-0.05, 0) is 67.3 Å². The van der Waals surface area contributed by atoms with Gasteiger partial charge in [0.1, 0.15) is 23.3 Å². The molecule has 2 unspecified atom stereocenters. The van der Waals surface area contributed by atoms with Gasteiger partial charge < -0.3 is 18.3 Å². The fraction of sp³-hybridized carbons (Fsp3) is 0.269. The van der Waals surface area contributed by atoms with Crippen molar-refractivity contribution >= 4 is 23.7 Å². The van der Waals surface area contributed by atoms with E-state index < -0.39 is 24.5 Å². The smallest absolute Gasteiger partial charge is 0.344 e. The van der Waals surface area contributed by atoms with E-state index in [0.29, 0.717) is 11.5 Å². The SMILES string of the molecule is O=C(COc1ccccc1)OCC(=O)N1N=C2/C(=C\c3ccco3)CCCC2C1c1ccco1. The van der Waals surface area contributed by atoms with E-state index in [4.69, 9.17) is 18.3 Å². The minimum atomic E-state index is -0.630. The largest absolute Gasteiger partial charge is 0.482 e. The standard InChI is InChI=1S/C26H24N2O6/c29-23(16-34-24(30)17-33-19-8-2-1-3-9-19)28-26(22-12-6-14-32-22)21-11-4-7-18(25(21)27-28)15-20-10-5-13-31-20/h1-3,5-6,8-10,12-15,21,26H,4,7,11,16-17H2/b18-15-. The minimum absolute atomic E-state index is 0.0119. The van der Waals surface area contributed by atoms with Crippen molar-refractivity contribution in [3.8, 4) is 5.75 Å². The third kappa shape index (κ3) is 4.66. The van der Waals surface area contributed by atoms with Crippen molar-refractivity contribution in [1.82, 2.24) is 5.01 Å². The Hall–Kier alpha value is -4.07. The second-order valence-corrected chi connectivity index (χ2v) is 8.13. The van der Waals surface area contributed by atoms with Crippen LogP contribution in [-0.4, -0.2) is 35.8 Å². The summed E-state index contributed by atoms with van der Waals surface area (Å²) >= 11 is 0. The highest BCUT2D eigenvalue weighted by molar-refractivity contribution is 6.08. The summed E-state index contributed by atoms with van der Waals surface area (Å²) in [6, 6.07) is 15.9. The van der Waals surface area contributed by atoms with Crippen LogP contribution in [0.5, 0.6) is 5.75 Å². The summed E-state index contributed by atoms with van der Waals surface area (Å²) in [5.74, 6) is 0.875. The van der Waals surface area contributed by atoms with Gasteiger partial charge in [0.15, 0.2) is 13.2 Å². The molecule has 2 atom stereocenters. The maximum absolute atomic E-state index is 13.1. The lowest BCUT2D eigenvalue weighted by Gasteiger charge is -2.27. The molecule has 0 bridgehead atoms. The van der Waals surface area contributed by atoms with Crippen LogP contribution in [0.1, 0.15) is 36.8 Å². The summed E-state index contributed by atoms with van der Waals surface area (Å²) in [6.07, 6.45) is 7.85. The zero-order chi connectivity index (χ0) is 23.3. The minimum Gasteiger partial charge on any atom is -0.482 e. The Kier molecular flexibility index (Phi) is 6.29. The molecule has 0 saturated heterocycles. The summed E-state index contributed by atoms with van der Waals surface area (Å²) in [6.45, 7) is -0.721.